The molecule has 2 fully saturated rings. The monoisotopic (exact) mass is 489 g/mol. The molecule has 2 atom stereocenters. The van der Waals surface area contributed by atoms with Gasteiger partial charge in [-0.05, 0) is 41.2 Å². The molecule has 2 aliphatic heterocycles. The highest BCUT2D eigenvalue weighted by Gasteiger charge is 2.48. The van der Waals surface area contributed by atoms with Crippen LogP contribution in [0.2, 0.25) is 0 Å². The highest BCUT2D eigenvalue weighted by Crippen LogP contribution is 2.43. The second-order valence-corrected chi connectivity index (χ2v) is 11.6. The molecule has 2 aliphatic rings. The maximum atomic E-state index is 10.5. The number of rotatable bonds is 4. The highest BCUT2D eigenvalue weighted by molar-refractivity contribution is 7.85. The fourth-order valence-electron chi connectivity index (χ4n) is 5.73. The van der Waals surface area contributed by atoms with Crippen molar-refractivity contribution in [1.82, 2.24) is 0 Å². The van der Waals surface area contributed by atoms with Crippen LogP contribution in [0.25, 0.3) is 5.57 Å². The van der Waals surface area contributed by atoms with E-state index in [4.69, 9.17) is 0 Å². The van der Waals surface area contributed by atoms with Gasteiger partial charge in [0, 0.05) is 25.7 Å². The first-order valence-corrected chi connectivity index (χ1v) is 13.7. The van der Waals surface area contributed by atoms with E-state index in [0.29, 0.717) is 11.5 Å². The highest BCUT2D eigenvalue weighted by atomic mass is 32.2. The van der Waals surface area contributed by atoms with Crippen LogP contribution < -0.4 is 0 Å². The molecular weight excluding hydrogens is 454 g/mol. The molecule has 2 saturated heterocycles. The number of fused-ring (bicyclic) bond motifs is 2. The molecule has 0 spiro atoms. The molecule has 2 heterocycles. The lowest BCUT2D eigenvalue weighted by Crippen LogP contribution is -2.54. The number of hydrogen-bond donors (Lipinski definition) is 0. The third-order valence-corrected chi connectivity index (χ3v) is 8.80. The maximum absolute atomic E-state index is 10.5. The van der Waals surface area contributed by atoms with E-state index in [-0.39, 0.29) is 4.90 Å². The van der Waals surface area contributed by atoms with E-state index in [1.807, 2.05) is 0 Å². The van der Waals surface area contributed by atoms with Crippen molar-refractivity contribution in [2.24, 2.45) is 5.92 Å². The summed E-state index contributed by atoms with van der Waals surface area (Å²) >= 11 is 0. The van der Waals surface area contributed by atoms with E-state index in [9.17, 15) is 13.0 Å². The lowest BCUT2D eigenvalue weighted by atomic mass is 9.85. The lowest BCUT2D eigenvalue weighted by molar-refractivity contribution is -0.931. The zero-order chi connectivity index (χ0) is 25.1. The van der Waals surface area contributed by atoms with Crippen molar-refractivity contribution in [3.8, 4) is 0 Å². The predicted octanol–water partition coefficient (Wildman–Crippen LogP) is 6.03. The summed E-state index contributed by atoms with van der Waals surface area (Å²) < 4.78 is 32.7. The molecule has 5 heteroatoms. The summed E-state index contributed by atoms with van der Waals surface area (Å²) in [5.41, 5.74) is 4.58. The van der Waals surface area contributed by atoms with Gasteiger partial charge in [-0.1, -0.05) is 84.9 Å². The molecule has 5 rings (SSSR count). The minimum Gasteiger partial charge on any atom is -0.744 e. The normalized spacial score (nSPS) is 22.6. The number of allylic oxidation sites excluding steroid dienone is 1. The zero-order valence-electron chi connectivity index (χ0n) is 20.8. The Morgan fingerprint density at radius 1 is 0.800 bits per heavy atom. The second-order valence-electron chi connectivity index (χ2n) is 10.3. The van der Waals surface area contributed by atoms with E-state index < -0.39 is 10.1 Å². The van der Waals surface area contributed by atoms with Crippen molar-refractivity contribution >= 4 is 15.7 Å². The summed E-state index contributed by atoms with van der Waals surface area (Å²) in [7, 11) is 0.601. The van der Waals surface area contributed by atoms with Gasteiger partial charge < -0.3 is 9.04 Å². The van der Waals surface area contributed by atoms with Gasteiger partial charge in [0.05, 0.1) is 31.1 Å². The summed E-state index contributed by atoms with van der Waals surface area (Å²) in [4.78, 5) is -0.139. The Kier molecular flexibility index (Phi) is 7.60. The van der Waals surface area contributed by atoms with Crippen molar-refractivity contribution in [2.45, 2.75) is 49.6 Å². The van der Waals surface area contributed by atoms with Gasteiger partial charge in [0.1, 0.15) is 10.1 Å². The Labute approximate surface area is 210 Å². The topological polar surface area (TPSA) is 57.2 Å². The van der Waals surface area contributed by atoms with E-state index in [2.05, 4.69) is 80.8 Å². The Balaban J connectivity index is 0.000000221. The van der Waals surface area contributed by atoms with Gasteiger partial charge in [-0.25, -0.2) is 8.42 Å². The average molecular weight is 490 g/mol. The molecule has 0 aromatic heterocycles. The van der Waals surface area contributed by atoms with Crippen LogP contribution in [0.1, 0.15) is 42.4 Å². The molecule has 0 N–H and O–H groups in total. The SMILES string of the molecule is C[N+]1(C)C2CCC1CC(C=C(c1ccccc1)c1ccccc1)C2.Cc1ccccc1S(=O)(=O)[O-]. The zero-order valence-corrected chi connectivity index (χ0v) is 21.6. The van der Waals surface area contributed by atoms with Gasteiger partial charge >= 0.3 is 0 Å². The molecule has 0 saturated carbocycles. The number of aryl methyl sites for hydroxylation is 1. The van der Waals surface area contributed by atoms with E-state index in [1.54, 1.807) is 19.1 Å². The van der Waals surface area contributed by atoms with Gasteiger partial charge in [-0.2, -0.15) is 0 Å². The third-order valence-electron chi connectivity index (χ3n) is 7.80. The first kappa shape index (κ1) is 25.4. The van der Waals surface area contributed by atoms with Crippen LogP contribution in [0.4, 0.5) is 0 Å². The van der Waals surface area contributed by atoms with Crippen LogP contribution >= 0.6 is 0 Å². The molecule has 0 amide bonds. The van der Waals surface area contributed by atoms with Crippen LogP contribution in [0.3, 0.4) is 0 Å². The number of hydrogen-bond acceptors (Lipinski definition) is 3. The van der Waals surface area contributed by atoms with Crippen molar-refractivity contribution in [3.63, 3.8) is 0 Å². The van der Waals surface area contributed by atoms with Crippen molar-refractivity contribution in [1.29, 1.82) is 0 Å². The lowest BCUT2D eigenvalue weighted by Gasteiger charge is -2.44. The molecular formula is C30H35NO3S. The van der Waals surface area contributed by atoms with Crippen LogP contribution in [-0.2, 0) is 10.1 Å². The Morgan fingerprint density at radius 3 is 1.69 bits per heavy atom. The molecule has 0 radical (unpaired) electrons. The van der Waals surface area contributed by atoms with Crippen molar-refractivity contribution in [3.05, 3.63) is 108 Å². The molecule has 184 valence electrons. The Hall–Kier alpha value is -2.73. The first-order valence-electron chi connectivity index (χ1n) is 12.3. The van der Waals surface area contributed by atoms with Crippen LogP contribution in [0.5, 0.6) is 0 Å². The number of benzene rings is 3. The summed E-state index contributed by atoms with van der Waals surface area (Å²) in [6.07, 6.45) is 8.08. The Morgan fingerprint density at radius 2 is 1.26 bits per heavy atom. The quantitative estimate of drug-likeness (QED) is 0.332. The summed E-state index contributed by atoms with van der Waals surface area (Å²) in [6.45, 7) is 1.59. The maximum Gasteiger partial charge on any atom is 0.124 e. The van der Waals surface area contributed by atoms with Crippen LogP contribution in [-0.4, -0.2) is 43.6 Å². The van der Waals surface area contributed by atoms with E-state index in [0.717, 1.165) is 12.1 Å². The van der Waals surface area contributed by atoms with Crippen molar-refractivity contribution in [2.75, 3.05) is 14.1 Å². The van der Waals surface area contributed by atoms with Gasteiger partial charge in [0.2, 0.25) is 0 Å². The third kappa shape index (κ3) is 5.92. The largest absolute Gasteiger partial charge is 0.744 e. The minimum absolute atomic E-state index is 0.139. The second kappa shape index (κ2) is 10.5. The van der Waals surface area contributed by atoms with Gasteiger partial charge in [-0.3, -0.25) is 0 Å². The number of quaternary nitrogens is 1. The molecule has 4 nitrogen and oxygen atoms in total. The summed E-state index contributed by atoms with van der Waals surface area (Å²) in [6, 6.07) is 29.6. The number of nitrogens with zero attached hydrogens (tertiary/aromatic N) is 1. The fourth-order valence-corrected chi connectivity index (χ4v) is 6.43. The molecule has 3 aromatic rings. The summed E-state index contributed by atoms with van der Waals surface area (Å²) in [5, 5.41) is 0. The molecule has 2 bridgehead atoms. The summed E-state index contributed by atoms with van der Waals surface area (Å²) in [5.74, 6) is 0.712. The molecule has 2 unspecified atom stereocenters. The first-order chi connectivity index (χ1) is 16.7. The van der Waals surface area contributed by atoms with Crippen molar-refractivity contribution < 1.29 is 17.5 Å². The van der Waals surface area contributed by atoms with Gasteiger partial charge in [-0.15, -0.1) is 0 Å². The average Bonchev–Trinajstić information content (AvgIpc) is 3.00. The predicted molar refractivity (Wildman–Crippen MR) is 141 cm³/mol. The number of piperidine rings is 1. The molecule has 3 aromatic carbocycles. The van der Waals surface area contributed by atoms with Crippen LogP contribution in [0, 0.1) is 12.8 Å². The van der Waals surface area contributed by atoms with E-state index in [1.165, 1.54) is 59.0 Å². The van der Waals surface area contributed by atoms with Gasteiger partial charge in [0.15, 0.2) is 0 Å². The minimum atomic E-state index is -4.28. The fraction of sp³-hybridized carbons (Fsp3) is 0.333. The van der Waals surface area contributed by atoms with Gasteiger partial charge in [0.25, 0.3) is 0 Å². The Bertz CT molecular complexity index is 1210. The van der Waals surface area contributed by atoms with E-state index >= 15 is 0 Å². The standard InChI is InChI=1S/C23H28N.C7H8O3S/c1-24(2)21-13-14-22(24)16-18(15-21)17-23(19-9-5-3-6-10-19)20-11-7-4-8-12-20;1-6-4-2-3-5-7(6)11(8,9)10/h3-12,17-18,21-22H,13-16H2,1-2H3;2-5H,1H3,(H,8,9,10)/q+1;/p-1. The smallest absolute Gasteiger partial charge is 0.124 e. The van der Waals surface area contributed by atoms with Crippen LogP contribution in [0.15, 0.2) is 95.9 Å². The molecule has 0 aliphatic carbocycles. The molecule has 35 heavy (non-hydrogen) atoms.